The van der Waals surface area contributed by atoms with Crippen molar-refractivity contribution < 1.29 is 14.3 Å². The van der Waals surface area contributed by atoms with Crippen molar-refractivity contribution in [2.75, 3.05) is 26.3 Å². The lowest BCUT2D eigenvalue weighted by Gasteiger charge is -2.22. The lowest BCUT2D eigenvalue weighted by molar-refractivity contribution is -0.125. The summed E-state index contributed by atoms with van der Waals surface area (Å²) in [5, 5.41) is 10.7. The molecule has 8 heteroatoms. The quantitative estimate of drug-likeness (QED) is 0.684. The normalized spacial score (nSPS) is 19.3. The fraction of sp³-hybridized carbons (Fsp3) is 0.524. The van der Waals surface area contributed by atoms with Gasteiger partial charge < -0.3 is 20.1 Å². The Hall–Kier alpha value is -2.25. The van der Waals surface area contributed by atoms with Crippen LogP contribution in [0.15, 0.2) is 30.6 Å². The van der Waals surface area contributed by atoms with Crippen molar-refractivity contribution in [2.45, 2.75) is 32.7 Å². The molecule has 29 heavy (non-hydrogen) atoms. The second-order valence-electron chi connectivity index (χ2n) is 7.12. The maximum Gasteiger partial charge on any atom is 0.225 e. The van der Waals surface area contributed by atoms with Crippen molar-refractivity contribution in [3.63, 3.8) is 0 Å². The molecule has 160 valence electrons. The third-order valence-corrected chi connectivity index (χ3v) is 5.13. The van der Waals surface area contributed by atoms with Crippen LogP contribution in [-0.2, 0) is 11.8 Å². The fourth-order valence-electron chi connectivity index (χ4n) is 3.68. The molecule has 1 aromatic heterocycles. The molecule has 1 aliphatic heterocycles. The van der Waals surface area contributed by atoms with Gasteiger partial charge in [0.2, 0.25) is 5.91 Å². The maximum atomic E-state index is 13.0. The van der Waals surface area contributed by atoms with Crippen LogP contribution in [0.3, 0.4) is 0 Å². The van der Waals surface area contributed by atoms with Gasteiger partial charge in [0.05, 0.1) is 31.4 Å². The topological polar surface area (TPSA) is 77.4 Å². The Morgan fingerprint density at radius 3 is 2.66 bits per heavy atom. The van der Waals surface area contributed by atoms with Crippen molar-refractivity contribution in [2.24, 2.45) is 13.0 Å². The summed E-state index contributed by atoms with van der Waals surface area (Å²) in [7, 11) is 1.89. The molecule has 1 unspecified atom stereocenters. The van der Waals surface area contributed by atoms with E-state index in [0.29, 0.717) is 25.5 Å². The van der Waals surface area contributed by atoms with Crippen molar-refractivity contribution in [3.8, 4) is 11.5 Å². The van der Waals surface area contributed by atoms with E-state index in [2.05, 4.69) is 15.7 Å². The van der Waals surface area contributed by atoms with Gasteiger partial charge in [0.15, 0.2) is 11.5 Å². The van der Waals surface area contributed by atoms with Crippen LogP contribution in [0.2, 0.25) is 0 Å². The number of halogens is 1. The van der Waals surface area contributed by atoms with Crippen LogP contribution in [0.4, 0.5) is 0 Å². The summed E-state index contributed by atoms with van der Waals surface area (Å²) in [5.74, 6) is 1.51. The molecule has 0 radical (unpaired) electrons. The first-order chi connectivity index (χ1) is 13.5. The Morgan fingerprint density at radius 1 is 1.28 bits per heavy atom. The third kappa shape index (κ3) is 5.42. The molecular weight excluding hydrogens is 392 g/mol. The highest BCUT2D eigenvalue weighted by molar-refractivity contribution is 5.85. The van der Waals surface area contributed by atoms with Gasteiger partial charge in [-0.25, -0.2) is 0 Å². The number of hydrogen-bond acceptors (Lipinski definition) is 5. The van der Waals surface area contributed by atoms with Gasteiger partial charge in [-0.15, -0.1) is 12.4 Å². The van der Waals surface area contributed by atoms with Gasteiger partial charge in [-0.05, 0) is 44.0 Å². The van der Waals surface area contributed by atoms with Crippen molar-refractivity contribution >= 4 is 18.3 Å². The van der Waals surface area contributed by atoms with Crippen LogP contribution < -0.4 is 20.1 Å². The van der Waals surface area contributed by atoms with Crippen molar-refractivity contribution in [1.29, 1.82) is 0 Å². The average molecular weight is 423 g/mol. The number of nitrogens with one attached hydrogen (secondary N) is 2. The number of rotatable bonds is 8. The van der Waals surface area contributed by atoms with Crippen LogP contribution in [-0.4, -0.2) is 42.0 Å². The largest absolute Gasteiger partial charge is 0.490 e. The molecule has 0 saturated carbocycles. The van der Waals surface area contributed by atoms with Crippen molar-refractivity contribution in [1.82, 2.24) is 20.4 Å². The highest BCUT2D eigenvalue weighted by Gasteiger charge is 2.35. The van der Waals surface area contributed by atoms with Gasteiger partial charge >= 0.3 is 0 Å². The highest BCUT2D eigenvalue weighted by atomic mass is 35.5. The minimum Gasteiger partial charge on any atom is -0.490 e. The van der Waals surface area contributed by atoms with E-state index in [0.717, 1.165) is 23.4 Å². The van der Waals surface area contributed by atoms with Crippen LogP contribution in [0, 0.1) is 5.92 Å². The van der Waals surface area contributed by atoms with E-state index in [1.165, 1.54) is 0 Å². The number of hydrogen-bond donors (Lipinski definition) is 2. The molecule has 1 aromatic carbocycles. The molecule has 0 aliphatic carbocycles. The van der Waals surface area contributed by atoms with Crippen LogP contribution in [0.25, 0.3) is 0 Å². The summed E-state index contributed by atoms with van der Waals surface area (Å²) in [6.07, 6.45) is 3.84. The van der Waals surface area contributed by atoms with Crippen molar-refractivity contribution in [3.05, 3.63) is 41.7 Å². The van der Waals surface area contributed by atoms with Gasteiger partial charge in [0.1, 0.15) is 0 Å². The Labute approximate surface area is 178 Å². The minimum absolute atomic E-state index is 0. The summed E-state index contributed by atoms with van der Waals surface area (Å²) in [6.45, 7) is 8.48. The second-order valence-corrected chi connectivity index (χ2v) is 7.12. The van der Waals surface area contributed by atoms with E-state index in [-0.39, 0.29) is 36.2 Å². The van der Waals surface area contributed by atoms with E-state index in [1.54, 1.807) is 4.68 Å². The first-order valence-corrected chi connectivity index (χ1v) is 9.92. The van der Waals surface area contributed by atoms with Crippen LogP contribution in [0.5, 0.6) is 11.5 Å². The smallest absolute Gasteiger partial charge is 0.225 e. The molecule has 2 N–H and O–H groups in total. The lowest BCUT2D eigenvalue weighted by atomic mass is 9.90. The first-order valence-electron chi connectivity index (χ1n) is 9.92. The predicted octanol–water partition coefficient (Wildman–Crippen LogP) is 2.82. The van der Waals surface area contributed by atoms with Gasteiger partial charge in [0, 0.05) is 32.3 Å². The molecule has 1 aliphatic rings. The Bertz CT molecular complexity index is 811. The first kappa shape index (κ1) is 23.0. The summed E-state index contributed by atoms with van der Waals surface area (Å²) < 4.78 is 13.1. The fourth-order valence-corrected chi connectivity index (χ4v) is 3.68. The summed E-state index contributed by atoms with van der Waals surface area (Å²) in [5.41, 5.74) is 2.09. The molecule has 1 amide bonds. The number of nitrogens with zero attached hydrogens (tertiary/aromatic N) is 2. The van der Waals surface area contributed by atoms with E-state index < -0.39 is 0 Å². The number of ether oxygens (including phenoxy) is 2. The molecule has 1 fully saturated rings. The molecule has 2 aromatic rings. The number of amides is 1. The molecule has 1 saturated heterocycles. The lowest BCUT2D eigenvalue weighted by Crippen LogP contribution is -2.36. The number of aryl methyl sites for hydroxylation is 1. The summed E-state index contributed by atoms with van der Waals surface area (Å²) in [6, 6.07) is 5.70. The molecule has 3 atom stereocenters. The molecule has 3 rings (SSSR count). The molecule has 0 bridgehead atoms. The number of carbonyl (C=O) groups excluding carboxylic acids is 1. The predicted molar refractivity (Wildman–Crippen MR) is 115 cm³/mol. The Morgan fingerprint density at radius 2 is 2.00 bits per heavy atom. The van der Waals surface area contributed by atoms with E-state index >= 15 is 0 Å². The highest BCUT2D eigenvalue weighted by Crippen LogP contribution is 2.32. The second kappa shape index (κ2) is 10.5. The number of benzene rings is 1. The Kier molecular flexibility index (Phi) is 8.34. The summed E-state index contributed by atoms with van der Waals surface area (Å²) in [4.78, 5) is 13.0. The minimum atomic E-state index is -0.127. The van der Waals surface area contributed by atoms with Crippen LogP contribution >= 0.6 is 12.4 Å². The molecule has 2 heterocycles. The molecule has 7 nitrogen and oxygen atoms in total. The van der Waals surface area contributed by atoms with Gasteiger partial charge in [-0.3, -0.25) is 9.48 Å². The van der Waals surface area contributed by atoms with Crippen LogP contribution in [0.1, 0.15) is 43.9 Å². The molecule has 0 spiro atoms. The maximum absolute atomic E-state index is 13.0. The number of carbonyl (C=O) groups is 1. The SMILES string of the molecule is CCOc1ccc(C(C)NC(=O)[C@H]2CNC[C@@H]2c2cnn(C)c2)cc1OCC.Cl. The summed E-state index contributed by atoms with van der Waals surface area (Å²) >= 11 is 0. The number of aromatic nitrogens is 2. The molecular formula is C21H31ClN4O3. The standard InChI is InChI=1S/C21H30N4O3.ClH/c1-5-27-19-8-7-15(9-20(19)28-6-2)14(3)24-21(26)18-12-22-11-17(18)16-10-23-25(4)13-16;/h7-10,13-14,17-18,22H,5-6,11-12H2,1-4H3,(H,24,26);1H/t14?,17-,18+;/m1./s1. The van der Waals surface area contributed by atoms with E-state index in [9.17, 15) is 4.79 Å². The third-order valence-electron chi connectivity index (χ3n) is 5.13. The monoisotopic (exact) mass is 422 g/mol. The van der Waals surface area contributed by atoms with Gasteiger partial charge in [-0.1, -0.05) is 6.07 Å². The van der Waals surface area contributed by atoms with E-state index in [4.69, 9.17) is 9.47 Å². The Balaban J connectivity index is 0.00000300. The van der Waals surface area contributed by atoms with Gasteiger partial charge in [0.25, 0.3) is 0 Å². The zero-order valence-electron chi connectivity index (χ0n) is 17.5. The van der Waals surface area contributed by atoms with Gasteiger partial charge in [-0.2, -0.15) is 5.10 Å². The average Bonchev–Trinajstić information content (AvgIpc) is 3.32. The zero-order valence-corrected chi connectivity index (χ0v) is 18.3. The van der Waals surface area contributed by atoms with E-state index in [1.807, 2.05) is 58.4 Å². The zero-order chi connectivity index (χ0) is 20.1.